The van der Waals surface area contributed by atoms with Gasteiger partial charge in [-0.15, -0.1) is 0 Å². The van der Waals surface area contributed by atoms with Crippen LogP contribution in [-0.2, 0) is 9.53 Å². The highest BCUT2D eigenvalue weighted by atomic mass is 16.5. The van der Waals surface area contributed by atoms with Crippen LogP contribution in [0.5, 0.6) is 17.2 Å². The van der Waals surface area contributed by atoms with Gasteiger partial charge < -0.3 is 29.6 Å². The van der Waals surface area contributed by atoms with E-state index in [-0.39, 0.29) is 23.6 Å². The smallest absolute Gasteiger partial charge is 0.267 e. The van der Waals surface area contributed by atoms with Gasteiger partial charge in [0.05, 0.1) is 13.2 Å². The van der Waals surface area contributed by atoms with Gasteiger partial charge in [0, 0.05) is 18.7 Å². The molecule has 1 aliphatic rings. The van der Waals surface area contributed by atoms with Crippen LogP contribution in [-0.4, -0.2) is 51.4 Å². The lowest BCUT2D eigenvalue weighted by atomic mass is 10.1. The van der Waals surface area contributed by atoms with Crippen molar-refractivity contribution < 1.29 is 28.5 Å². The van der Waals surface area contributed by atoms with Gasteiger partial charge in [0.25, 0.3) is 11.8 Å². The summed E-state index contributed by atoms with van der Waals surface area (Å²) in [5, 5.41) is 5.65. The number of carbonyl (C=O) groups is 2. The maximum absolute atomic E-state index is 13.0. The van der Waals surface area contributed by atoms with E-state index in [2.05, 4.69) is 10.6 Å². The van der Waals surface area contributed by atoms with Gasteiger partial charge in [0.1, 0.15) is 24.7 Å². The number of methoxy groups -OCH3 is 1. The van der Waals surface area contributed by atoms with Gasteiger partial charge >= 0.3 is 0 Å². The Bertz CT molecular complexity index is 1260. The third-order valence-corrected chi connectivity index (χ3v) is 6.19. The summed E-state index contributed by atoms with van der Waals surface area (Å²) in [5.74, 6) is 1.24. The Hall–Kier alpha value is -4.30. The van der Waals surface area contributed by atoms with E-state index in [0.29, 0.717) is 49.2 Å². The van der Waals surface area contributed by atoms with Crippen molar-refractivity contribution in [1.29, 1.82) is 0 Å². The third kappa shape index (κ3) is 8.35. The summed E-state index contributed by atoms with van der Waals surface area (Å²) in [6, 6.07) is 21.9. The molecule has 4 rings (SSSR count). The van der Waals surface area contributed by atoms with Crippen LogP contribution in [0.4, 0.5) is 0 Å². The molecule has 1 aliphatic heterocycles. The van der Waals surface area contributed by atoms with E-state index in [1.165, 1.54) is 0 Å². The number of amides is 2. The molecule has 3 aromatic rings. The Balaban J connectivity index is 1.38. The van der Waals surface area contributed by atoms with Crippen molar-refractivity contribution in [2.75, 3.05) is 33.5 Å². The fraction of sp³-hybridized carbons (Fsp3) is 0.290. The maximum atomic E-state index is 13.0. The molecular formula is C31H34N2O6. The molecule has 39 heavy (non-hydrogen) atoms. The summed E-state index contributed by atoms with van der Waals surface area (Å²) in [6.45, 7) is 3.74. The number of benzene rings is 3. The minimum absolute atomic E-state index is 0.00797. The lowest BCUT2D eigenvalue weighted by molar-refractivity contribution is -0.118. The van der Waals surface area contributed by atoms with Gasteiger partial charge in [-0.25, -0.2) is 0 Å². The number of aryl methyl sites for hydroxylation is 1. The molecule has 0 aromatic heterocycles. The van der Waals surface area contributed by atoms with Crippen molar-refractivity contribution in [3.8, 4) is 17.2 Å². The Morgan fingerprint density at radius 2 is 1.67 bits per heavy atom. The van der Waals surface area contributed by atoms with E-state index in [4.69, 9.17) is 18.9 Å². The quantitative estimate of drug-likeness (QED) is 0.264. The first-order valence-corrected chi connectivity index (χ1v) is 13.0. The molecule has 8 heteroatoms. The number of hydrogen-bond acceptors (Lipinski definition) is 6. The molecule has 0 aliphatic carbocycles. The molecule has 8 nitrogen and oxygen atoms in total. The predicted molar refractivity (Wildman–Crippen MR) is 149 cm³/mol. The van der Waals surface area contributed by atoms with Crippen LogP contribution < -0.4 is 24.8 Å². The Kier molecular flexibility index (Phi) is 9.97. The number of carbonyl (C=O) groups excluding carboxylic acids is 2. The highest BCUT2D eigenvalue weighted by Gasteiger charge is 2.19. The van der Waals surface area contributed by atoms with Crippen molar-refractivity contribution in [2.45, 2.75) is 25.9 Å². The molecule has 0 saturated carbocycles. The van der Waals surface area contributed by atoms with Gasteiger partial charge in [-0.3, -0.25) is 9.59 Å². The number of hydrogen-bond donors (Lipinski definition) is 2. The van der Waals surface area contributed by atoms with Crippen LogP contribution in [0.25, 0.3) is 6.08 Å². The molecule has 0 spiro atoms. The molecule has 2 N–H and O–H groups in total. The van der Waals surface area contributed by atoms with Crippen LogP contribution in [0.15, 0.2) is 78.5 Å². The molecule has 1 atom stereocenters. The highest BCUT2D eigenvalue weighted by Crippen LogP contribution is 2.25. The molecule has 2 amide bonds. The van der Waals surface area contributed by atoms with Gasteiger partial charge in [0.15, 0.2) is 11.5 Å². The average Bonchev–Trinajstić information content (AvgIpc) is 3.49. The SMILES string of the molecule is COc1ccccc1OCCOc1ccc(C=C(NC(=O)c2ccc(C)cc2)C(=O)NCC2CCCO2)cc1. The Morgan fingerprint density at radius 1 is 0.949 bits per heavy atom. The molecule has 1 saturated heterocycles. The summed E-state index contributed by atoms with van der Waals surface area (Å²) in [7, 11) is 1.60. The van der Waals surface area contributed by atoms with E-state index in [1.54, 1.807) is 37.5 Å². The van der Waals surface area contributed by atoms with E-state index >= 15 is 0 Å². The lowest BCUT2D eigenvalue weighted by Gasteiger charge is -2.14. The summed E-state index contributed by atoms with van der Waals surface area (Å²) in [5.41, 5.74) is 2.40. The van der Waals surface area contributed by atoms with Crippen LogP contribution in [0.3, 0.4) is 0 Å². The lowest BCUT2D eigenvalue weighted by Crippen LogP contribution is -2.38. The van der Waals surface area contributed by atoms with Gasteiger partial charge in [-0.2, -0.15) is 0 Å². The van der Waals surface area contributed by atoms with Gasteiger partial charge in [-0.1, -0.05) is 42.0 Å². The van der Waals surface area contributed by atoms with Crippen molar-refractivity contribution in [1.82, 2.24) is 10.6 Å². The standard InChI is InChI=1S/C31H34N2O6/c1-22-9-13-24(14-10-22)30(34)33-27(31(35)32-21-26-6-5-17-37-26)20-23-11-15-25(16-12-23)38-18-19-39-29-8-4-3-7-28(29)36-2/h3-4,7-16,20,26H,5-6,17-19,21H2,1-2H3,(H,32,35)(H,33,34). The molecule has 1 unspecified atom stereocenters. The Morgan fingerprint density at radius 3 is 2.36 bits per heavy atom. The van der Waals surface area contributed by atoms with E-state index < -0.39 is 0 Å². The van der Waals surface area contributed by atoms with Crippen molar-refractivity contribution in [3.63, 3.8) is 0 Å². The molecule has 1 heterocycles. The highest BCUT2D eigenvalue weighted by molar-refractivity contribution is 6.05. The van der Waals surface area contributed by atoms with Crippen LogP contribution in [0.1, 0.15) is 34.3 Å². The third-order valence-electron chi connectivity index (χ3n) is 6.19. The first kappa shape index (κ1) is 27.7. The first-order valence-electron chi connectivity index (χ1n) is 13.0. The number of ether oxygens (including phenoxy) is 4. The molecular weight excluding hydrogens is 496 g/mol. The summed E-state index contributed by atoms with van der Waals surface area (Å²) < 4.78 is 22.4. The van der Waals surface area contributed by atoms with E-state index in [0.717, 1.165) is 24.0 Å². The molecule has 0 bridgehead atoms. The van der Waals surface area contributed by atoms with Crippen LogP contribution >= 0.6 is 0 Å². The monoisotopic (exact) mass is 530 g/mol. The maximum Gasteiger partial charge on any atom is 0.267 e. The second-order valence-electron chi connectivity index (χ2n) is 9.14. The topological polar surface area (TPSA) is 95.1 Å². The van der Waals surface area contributed by atoms with E-state index in [9.17, 15) is 9.59 Å². The predicted octanol–water partition coefficient (Wildman–Crippen LogP) is 4.53. The number of nitrogens with one attached hydrogen (secondary N) is 2. The minimum atomic E-state index is -0.375. The molecule has 3 aromatic carbocycles. The summed E-state index contributed by atoms with van der Waals surface area (Å²) >= 11 is 0. The largest absolute Gasteiger partial charge is 0.493 e. The zero-order valence-corrected chi connectivity index (χ0v) is 22.3. The molecule has 204 valence electrons. The average molecular weight is 531 g/mol. The second-order valence-corrected chi connectivity index (χ2v) is 9.14. The normalized spacial score (nSPS) is 14.9. The van der Waals surface area contributed by atoms with Crippen molar-refractivity contribution in [2.24, 2.45) is 0 Å². The first-order chi connectivity index (χ1) is 19.0. The summed E-state index contributed by atoms with van der Waals surface area (Å²) in [6.07, 6.45) is 3.52. The minimum Gasteiger partial charge on any atom is -0.493 e. The van der Waals surface area contributed by atoms with Crippen molar-refractivity contribution >= 4 is 17.9 Å². The van der Waals surface area contributed by atoms with Gasteiger partial charge in [-0.05, 0) is 67.8 Å². The van der Waals surface area contributed by atoms with Crippen LogP contribution in [0.2, 0.25) is 0 Å². The molecule has 0 radical (unpaired) electrons. The zero-order valence-electron chi connectivity index (χ0n) is 22.3. The Labute approximate surface area is 228 Å². The molecule has 1 fully saturated rings. The fourth-order valence-corrected chi connectivity index (χ4v) is 4.04. The summed E-state index contributed by atoms with van der Waals surface area (Å²) in [4.78, 5) is 25.9. The number of rotatable bonds is 12. The zero-order chi connectivity index (χ0) is 27.5. The fourth-order valence-electron chi connectivity index (χ4n) is 4.04. The van der Waals surface area contributed by atoms with E-state index in [1.807, 2.05) is 55.5 Å². The van der Waals surface area contributed by atoms with Gasteiger partial charge in [0.2, 0.25) is 0 Å². The second kappa shape index (κ2) is 14.0. The number of para-hydroxylation sites is 2. The van der Waals surface area contributed by atoms with Crippen molar-refractivity contribution in [3.05, 3.63) is 95.2 Å². The van der Waals surface area contributed by atoms with Crippen LogP contribution in [0, 0.1) is 6.92 Å².